The average molecular weight is 289 g/mol. The van der Waals surface area contributed by atoms with Gasteiger partial charge in [0.05, 0.1) is 12.2 Å². The molecular formula is C14H19N5O2. The zero-order valence-corrected chi connectivity index (χ0v) is 12.1. The number of anilines is 1. The maximum atomic E-state index is 12.2. The average Bonchev–Trinajstić information content (AvgIpc) is 2.85. The highest BCUT2D eigenvalue weighted by atomic mass is 16.6. The van der Waals surface area contributed by atoms with Crippen molar-refractivity contribution in [3.8, 4) is 0 Å². The number of aromatic nitrogens is 2. The number of carbonyl (C=O) groups is 1. The van der Waals surface area contributed by atoms with Crippen LogP contribution in [-0.2, 0) is 4.79 Å². The van der Waals surface area contributed by atoms with Gasteiger partial charge in [0.25, 0.3) is 0 Å². The van der Waals surface area contributed by atoms with Crippen molar-refractivity contribution in [3.63, 3.8) is 0 Å². The first-order valence-corrected chi connectivity index (χ1v) is 7.14. The van der Waals surface area contributed by atoms with E-state index >= 15 is 0 Å². The van der Waals surface area contributed by atoms with Crippen molar-refractivity contribution in [2.45, 2.75) is 6.42 Å². The van der Waals surface area contributed by atoms with Crippen LogP contribution in [0, 0.1) is 0 Å². The normalized spacial score (nSPS) is 17.8. The lowest BCUT2D eigenvalue weighted by Gasteiger charge is -2.19. The fourth-order valence-corrected chi connectivity index (χ4v) is 2.56. The van der Waals surface area contributed by atoms with Crippen LogP contribution in [0.5, 0.6) is 0 Å². The van der Waals surface area contributed by atoms with E-state index in [1.54, 1.807) is 12.1 Å². The Labute approximate surface area is 122 Å². The number of hydrogen-bond acceptors (Lipinski definition) is 6. The number of nitrogens with zero attached hydrogens (tertiary/aromatic N) is 4. The summed E-state index contributed by atoms with van der Waals surface area (Å²) in [6.07, 6.45) is 1.09. The van der Waals surface area contributed by atoms with Gasteiger partial charge in [-0.3, -0.25) is 9.69 Å². The number of fused-ring (bicyclic) bond motifs is 1. The second-order valence-electron chi connectivity index (χ2n) is 5.42. The standard InChI is InChI=1S/C14H19N5O2/c1-18-6-3-7-19(9-8-18)10-13(20)15-11-4-2-5-12-14(11)17-21-16-12/h2,4-5H,3,6-10H2,1H3,(H,15,20). The number of likely N-dealkylation sites (N-methyl/N-ethyl adjacent to an activating group) is 1. The quantitative estimate of drug-likeness (QED) is 0.901. The van der Waals surface area contributed by atoms with Gasteiger partial charge in [-0.2, -0.15) is 0 Å². The topological polar surface area (TPSA) is 74.5 Å². The van der Waals surface area contributed by atoms with Gasteiger partial charge in [-0.15, -0.1) is 0 Å². The van der Waals surface area contributed by atoms with E-state index in [4.69, 9.17) is 4.63 Å². The first kappa shape index (κ1) is 14.0. The molecule has 1 aromatic heterocycles. The third-order valence-electron chi connectivity index (χ3n) is 3.74. The number of hydrogen-bond donors (Lipinski definition) is 1. The van der Waals surface area contributed by atoms with Crippen molar-refractivity contribution in [1.29, 1.82) is 0 Å². The fraction of sp³-hybridized carbons (Fsp3) is 0.500. The van der Waals surface area contributed by atoms with E-state index in [-0.39, 0.29) is 5.91 Å². The summed E-state index contributed by atoms with van der Waals surface area (Å²) >= 11 is 0. The van der Waals surface area contributed by atoms with Crippen LogP contribution >= 0.6 is 0 Å². The molecule has 0 aliphatic carbocycles. The van der Waals surface area contributed by atoms with Crippen LogP contribution in [0.2, 0.25) is 0 Å². The molecule has 1 aliphatic rings. The smallest absolute Gasteiger partial charge is 0.238 e. The minimum absolute atomic E-state index is 0.0324. The Morgan fingerprint density at radius 1 is 1.29 bits per heavy atom. The molecule has 1 aliphatic heterocycles. The molecule has 0 saturated carbocycles. The van der Waals surface area contributed by atoms with Crippen molar-refractivity contribution in [1.82, 2.24) is 20.1 Å². The lowest BCUT2D eigenvalue weighted by Crippen LogP contribution is -2.35. The maximum Gasteiger partial charge on any atom is 0.238 e. The van der Waals surface area contributed by atoms with Crippen molar-refractivity contribution in [2.75, 3.05) is 45.1 Å². The molecule has 0 spiro atoms. The summed E-state index contributed by atoms with van der Waals surface area (Å²) in [5, 5.41) is 10.5. The van der Waals surface area contributed by atoms with E-state index in [2.05, 4.69) is 32.5 Å². The molecule has 2 aromatic rings. The van der Waals surface area contributed by atoms with Gasteiger partial charge in [-0.05, 0) is 49.0 Å². The van der Waals surface area contributed by atoms with Crippen LogP contribution in [0.3, 0.4) is 0 Å². The summed E-state index contributed by atoms with van der Waals surface area (Å²) in [6, 6.07) is 5.43. The minimum Gasteiger partial charge on any atom is -0.323 e. The molecule has 7 heteroatoms. The molecule has 1 fully saturated rings. The van der Waals surface area contributed by atoms with Crippen molar-refractivity contribution >= 4 is 22.6 Å². The number of nitrogens with one attached hydrogen (secondary N) is 1. The Morgan fingerprint density at radius 2 is 2.19 bits per heavy atom. The summed E-state index contributed by atoms with van der Waals surface area (Å²) in [7, 11) is 2.11. The van der Waals surface area contributed by atoms with Crippen LogP contribution in [0.25, 0.3) is 11.0 Å². The second kappa shape index (κ2) is 6.19. The molecule has 21 heavy (non-hydrogen) atoms. The van der Waals surface area contributed by atoms with E-state index < -0.39 is 0 Å². The van der Waals surface area contributed by atoms with Gasteiger partial charge < -0.3 is 10.2 Å². The van der Waals surface area contributed by atoms with Crippen LogP contribution in [0.15, 0.2) is 22.8 Å². The Hall–Kier alpha value is -1.99. The minimum atomic E-state index is -0.0324. The molecule has 112 valence electrons. The molecule has 0 radical (unpaired) electrons. The zero-order valence-electron chi connectivity index (χ0n) is 12.1. The highest BCUT2D eigenvalue weighted by Gasteiger charge is 2.16. The molecule has 2 heterocycles. The third kappa shape index (κ3) is 3.37. The molecule has 0 unspecified atom stereocenters. The number of benzene rings is 1. The van der Waals surface area contributed by atoms with E-state index in [9.17, 15) is 4.79 Å². The number of rotatable bonds is 3. The highest BCUT2D eigenvalue weighted by molar-refractivity contribution is 5.99. The van der Waals surface area contributed by atoms with Gasteiger partial charge in [0, 0.05) is 13.1 Å². The van der Waals surface area contributed by atoms with E-state index in [0.717, 1.165) is 32.6 Å². The number of amides is 1. The summed E-state index contributed by atoms with van der Waals surface area (Å²) in [5.74, 6) is -0.0324. The lowest BCUT2D eigenvalue weighted by atomic mass is 10.2. The summed E-state index contributed by atoms with van der Waals surface area (Å²) in [4.78, 5) is 16.7. The van der Waals surface area contributed by atoms with Gasteiger partial charge in [0.2, 0.25) is 5.91 Å². The Kier molecular flexibility index (Phi) is 4.12. The Bertz CT molecular complexity index is 627. The molecule has 1 amide bonds. The first-order valence-electron chi connectivity index (χ1n) is 7.14. The highest BCUT2D eigenvalue weighted by Crippen LogP contribution is 2.19. The summed E-state index contributed by atoms with van der Waals surface area (Å²) in [5.41, 5.74) is 1.87. The van der Waals surface area contributed by atoms with E-state index in [0.29, 0.717) is 23.3 Å². The van der Waals surface area contributed by atoms with Crippen LogP contribution in [-0.4, -0.2) is 65.8 Å². The molecule has 7 nitrogen and oxygen atoms in total. The van der Waals surface area contributed by atoms with Gasteiger partial charge in [-0.1, -0.05) is 6.07 Å². The molecule has 1 N–H and O–H groups in total. The third-order valence-corrected chi connectivity index (χ3v) is 3.74. The second-order valence-corrected chi connectivity index (χ2v) is 5.42. The van der Waals surface area contributed by atoms with Gasteiger partial charge in [-0.25, -0.2) is 4.63 Å². The van der Waals surface area contributed by atoms with Crippen molar-refractivity contribution in [2.24, 2.45) is 0 Å². The zero-order chi connectivity index (χ0) is 14.7. The van der Waals surface area contributed by atoms with Gasteiger partial charge in [0.1, 0.15) is 5.52 Å². The summed E-state index contributed by atoms with van der Waals surface area (Å²) < 4.78 is 4.70. The van der Waals surface area contributed by atoms with Crippen LogP contribution < -0.4 is 5.32 Å². The monoisotopic (exact) mass is 289 g/mol. The molecule has 0 atom stereocenters. The van der Waals surface area contributed by atoms with Crippen molar-refractivity contribution < 1.29 is 9.42 Å². The molecule has 1 aromatic carbocycles. The summed E-state index contributed by atoms with van der Waals surface area (Å²) in [6.45, 7) is 4.35. The van der Waals surface area contributed by atoms with Crippen LogP contribution in [0.1, 0.15) is 6.42 Å². The van der Waals surface area contributed by atoms with Crippen molar-refractivity contribution in [3.05, 3.63) is 18.2 Å². The molecule has 1 saturated heterocycles. The van der Waals surface area contributed by atoms with Gasteiger partial charge >= 0.3 is 0 Å². The fourth-order valence-electron chi connectivity index (χ4n) is 2.56. The predicted octanol–water partition coefficient (Wildman–Crippen LogP) is 0.799. The largest absolute Gasteiger partial charge is 0.323 e. The lowest BCUT2D eigenvalue weighted by molar-refractivity contribution is -0.117. The SMILES string of the molecule is CN1CCCN(CC(=O)Nc2cccc3nonc23)CC1. The van der Waals surface area contributed by atoms with Gasteiger partial charge in [0.15, 0.2) is 5.52 Å². The predicted molar refractivity (Wildman–Crippen MR) is 79.0 cm³/mol. The van der Waals surface area contributed by atoms with Crippen LogP contribution in [0.4, 0.5) is 5.69 Å². The van der Waals surface area contributed by atoms with E-state index in [1.165, 1.54) is 0 Å². The number of carbonyl (C=O) groups excluding carboxylic acids is 1. The molecule has 0 bridgehead atoms. The Balaban J connectivity index is 1.62. The molecular weight excluding hydrogens is 270 g/mol. The van der Waals surface area contributed by atoms with E-state index in [1.807, 2.05) is 6.07 Å². The Morgan fingerprint density at radius 3 is 3.10 bits per heavy atom. The maximum absolute atomic E-state index is 12.2. The first-order chi connectivity index (χ1) is 10.2. The molecule has 3 rings (SSSR count).